The van der Waals surface area contributed by atoms with Gasteiger partial charge in [0.05, 0.1) is 13.3 Å². The molecule has 0 bridgehead atoms. The number of allylic oxidation sites excluding steroid dienone is 4. The molecular weight excluding hydrogens is 294 g/mol. The zero-order chi connectivity index (χ0) is 16.4. The summed E-state index contributed by atoms with van der Waals surface area (Å²) in [4.78, 5) is 2.58. The van der Waals surface area contributed by atoms with E-state index < -0.39 is 0 Å². The number of hydrogen-bond donors (Lipinski definition) is 2. The molecule has 0 aromatic heterocycles. The van der Waals surface area contributed by atoms with Crippen LogP contribution in [-0.2, 0) is 0 Å². The van der Waals surface area contributed by atoms with E-state index in [0.29, 0.717) is 0 Å². The summed E-state index contributed by atoms with van der Waals surface area (Å²) in [7, 11) is 0. The van der Waals surface area contributed by atoms with Gasteiger partial charge < -0.3 is 0 Å². The molecule has 4 rings (SSSR count). The van der Waals surface area contributed by atoms with Crippen LogP contribution in [0.15, 0.2) is 23.8 Å². The highest BCUT2D eigenvalue weighted by Crippen LogP contribution is 2.52. The first kappa shape index (κ1) is 16.8. The van der Waals surface area contributed by atoms with E-state index in [1.807, 2.05) is 5.57 Å². The summed E-state index contributed by atoms with van der Waals surface area (Å²) < 4.78 is 0. The normalized spacial score (nSPS) is 38.1. The maximum Gasteiger partial charge on any atom is 0.0502 e. The van der Waals surface area contributed by atoms with E-state index in [1.165, 1.54) is 51.5 Å². The van der Waals surface area contributed by atoms with Crippen molar-refractivity contribution in [3.05, 3.63) is 23.8 Å². The maximum absolute atomic E-state index is 3.46. The molecular formula is C21H35N3. The fourth-order valence-corrected chi connectivity index (χ4v) is 5.94. The van der Waals surface area contributed by atoms with Crippen LogP contribution in [-0.4, -0.2) is 31.5 Å². The molecule has 1 aliphatic heterocycles. The molecule has 4 aliphatic rings. The molecule has 0 aromatic rings. The van der Waals surface area contributed by atoms with Gasteiger partial charge in [-0.15, -0.1) is 0 Å². The first-order chi connectivity index (χ1) is 11.9. The Bertz CT molecular complexity index is 471. The van der Waals surface area contributed by atoms with Crippen molar-refractivity contribution in [2.75, 3.05) is 26.6 Å². The Balaban J connectivity index is 1.48. The van der Waals surface area contributed by atoms with Crippen molar-refractivity contribution in [1.82, 2.24) is 15.5 Å². The van der Waals surface area contributed by atoms with E-state index in [9.17, 15) is 0 Å². The zero-order valence-corrected chi connectivity index (χ0v) is 15.3. The predicted octanol–water partition coefficient (Wildman–Crippen LogP) is 3.71. The summed E-state index contributed by atoms with van der Waals surface area (Å²) in [6.07, 6.45) is 17.5. The number of nitrogens with zero attached hydrogens (tertiary/aromatic N) is 1. The molecule has 4 atom stereocenters. The lowest BCUT2D eigenvalue weighted by Crippen LogP contribution is -2.52. The molecule has 134 valence electrons. The van der Waals surface area contributed by atoms with Gasteiger partial charge >= 0.3 is 0 Å². The Morgan fingerprint density at radius 3 is 2.67 bits per heavy atom. The quantitative estimate of drug-likeness (QED) is 0.823. The minimum atomic E-state index is 0.791. The highest BCUT2D eigenvalue weighted by molar-refractivity contribution is 5.28. The Hall–Kier alpha value is -0.640. The van der Waals surface area contributed by atoms with Crippen LogP contribution in [0.25, 0.3) is 0 Å². The second kappa shape index (κ2) is 7.72. The highest BCUT2D eigenvalue weighted by Gasteiger charge is 2.45. The van der Waals surface area contributed by atoms with Crippen LogP contribution in [0.2, 0.25) is 0 Å². The summed E-state index contributed by atoms with van der Waals surface area (Å²) in [6, 6.07) is 0. The Morgan fingerprint density at radius 1 is 1.12 bits per heavy atom. The van der Waals surface area contributed by atoms with Crippen LogP contribution in [0.1, 0.15) is 51.9 Å². The van der Waals surface area contributed by atoms with E-state index in [2.05, 4.69) is 40.7 Å². The summed E-state index contributed by atoms with van der Waals surface area (Å²) in [6.45, 7) is 6.72. The van der Waals surface area contributed by atoms with Crippen LogP contribution in [0.4, 0.5) is 0 Å². The summed E-state index contributed by atoms with van der Waals surface area (Å²) >= 11 is 0. The molecule has 1 heterocycles. The van der Waals surface area contributed by atoms with Crippen LogP contribution < -0.4 is 10.6 Å². The molecule has 3 heteroatoms. The number of fused-ring (bicyclic) bond motifs is 1. The Kier molecular flexibility index (Phi) is 5.40. The van der Waals surface area contributed by atoms with Crippen molar-refractivity contribution in [3.8, 4) is 0 Å². The second-order valence-electron chi connectivity index (χ2n) is 8.48. The van der Waals surface area contributed by atoms with E-state index >= 15 is 0 Å². The van der Waals surface area contributed by atoms with Crippen LogP contribution >= 0.6 is 0 Å². The van der Waals surface area contributed by atoms with Gasteiger partial charge in [0.2, 0.25) is 0 Å². The van der Waals surface area contributed by atoms with Gasteiger partial charge in [-0.1, -0.05) is 56.4 Å². The van der Waals surface area contributed by atoms with Gasteiger partial charge in [-0.3, -0.25) is 15.5 Å². The zero-order valence-electron chi connectivity index (χ0n) is 15.3. The van der Waals surface area contributed by atoms with Crippen LogP contribution in [0.3, 0.4) is 0 Å². The van der Waals surface area contributed by atoms with Gasteiger partial charge in [0.15, 0.2) is 0 Å². The van der Waals surface area contributed by atoms with Gasteiger partial charge in [0.1, 0.15) is 0 Å². The fraction of sp³-hybridized carbons (Fsp3) is 0.810. The SMILES string of the molecule is CCC1CC2C(C3CCCCC3)=CC=CC2C1CN1CNCNC1. The lowest BCUT2D eigenvalue weighted by molar-refractivity contribution is 0.136. The molecule has 2 N–H and O–H groups in total. The molecule has 24 heavy (non-hydrogen) atoms. The van der Waals surface area contributed by atoms with Crippen molar-refractivity contribution in [1.29, 1.82) is 0 Å². The first-order valence-corrected chi connectivity index (χ1v) is 10.4. The molecule has 0 aromatic carbocycles. The molecule has 0 spiro atoms. The van der Waals surface area contributed by atoms with Crippen molar-refractivity contribution < 1.29 is 0 Å². The molecule has 2 saturated carbocycles. The summed E-state index contributed by atoms with van der Waals surface area (Å²) in [5, 5.41) is 6.92. The number of hydrogen-bond acceptors (Lipinski definition) is 3. The largest absolute Gasteiger partial charge is 0.292 e. The van der Waals surface area contributed by atoms with Crippen molar-refractivity contribution in [2.24, 2.45) is 29.6 Å². The molecule has 0 amide bonds. The van der Waals surface area contributed by atoms with E-state index in [-0.39, 0.29) is 0 Å². The maximum atomic E-state index is 3.46. The highest BCUT2D eigenvalue weighted by atomic mass is 15.4. The van der Waals surface area contributed by atoms with E-state index in [4.69, 9.17) is 0 Å². The molecule has 4 unspecified atom stereocenters. The third kappa shape index (κ3) is 3.36. The average molecular weight is 330 g/mol. The number of rotatable bonds is 4. The molecule has 1 saturated heterocycles. The molecule has 0 radical (unpaired) electrons. The molecule has 3 fully saturated rings. The van der Waals surface area contributed by atoms with E-state index in [0.717, 1.165) is 49.6 Å². The standard InChI is InChI=1S/C21H35N3/c1-2-16-11-20-18(17-7-4-3-5-8-17)9-6-10-19(20)21(16)12-24-14-22-13-23-15-24/h6,9-10,16-17,19-23H,2-5,7-8,11-15H2,1H3. The Morgan fingerprint density at radius 2 is 1.92 bits per heavy atom. The second-order valence-corrected chi connectivity index (χ2v) is 8.48. The van der Waals surface area contributed by atoms with Gasteiger partial charge in [0.25, 0.3) is 0 Å². The monoisotopic (exact) mass is 329 g/mol. The van der Waals surface area contributed by atoms with Crippen molar-refractivity contribution >= 4 is 0 Å². The third-order valence-electron chi connectivity index (χ3n) is 7.16. The minimum Gasteiger partial charge on any atom is -0.292 e. The van der Waals surface area contributed by atoms with E-state index in [1.54, 1.807) is 0 Å². The van der Waals surface area contributed by atoms with Gasteiger partial charge in [0, 0.05) is 13.2 Å². The topological polar surface area (TPSA) is 27.3 Å². The lowest BCUT2D eigenvalue weighted by Gasteiger charge is -2.36. The lowest BCUT2D eigenvalue weighted by atomic mass is 9.72. The average Bonchev–Trinajstić information content (AvgIpc) is 3.01. The van der Waals surface area contributed by atoms with Crippen molar-refractivity contribution in [2.45, 2.75) is 51.9 Å². The minimum absolute atomic E-state index is 0.791. The van der Waals surface area contributed by atoms with Gasteiger partial charge in [-0.2, -0.15) is 0 Å². The Labute approximate surface area is 147 Å². The number of nitrogens with one attached hydrogen (secondary N) is 2. The fourth-order valence-electron chi connectivity index (χ4n) is 5.94. The smallest absolute Gasteiger partial charge is 0.0502 e. The summed E-state index contributed by atoms with van der Waals surface area (Å²) in [5.41, 5.74) is 1.83. The molecule has 3 nitrogen and oxygen atoms in total. The van der Waals surface area contributed by atoms with Gasteiger partial charge in [-0.25, -0.2) is 0 Å². The third-order valence-corrected chi connectivity index (χ3v) is 7.16. The molecule has 3 aliphatic carbocycles. The van der Waals surface area contributed by atoms with Crippen LogP contribution in [0.5, 0.6) is 0 Å². The summed E-state index contributed by atoms with van der Waals surface area (Å²) in [5.74, 6) is 4.27. The predicted molar refractivity (Wildman–Crippen MR) is 100 cm³/mol. The first-order valence-electron chi connectivity index (χ1n) is 10.4. The van der Waals surface area contributed by atoms with Crippen LogP contribution in [0, 0.1) is 29.6 Å². The van der Waals surface area contributed by atoms with Crippen molar-refractivity contribution in [3.63, 3.8) is 0 Å². The van der Waals surface area contributed by atoms with Gasteiger partial charge in [-0.05, 0) is 48.9 Å².